The molecule has 0 aromatic heterocycles. The van der Waals surface area contributed by atoms with E-state index in [2.05, 4.69) is 4.85 Å². The largest absolute Gasteiger partial charge is 0.489 e. The molecule has 2 aromatic carbocycles. The summed E-state index contributed by atoms with van der Waals surface area (Å²) in [5, 5.41) is 19.0. The fourth-order valence-corrected chi connectivity index (χ4v) is 2.98. The molecule has 2 N–H and O–H groups in total. The smallest absolute Gasteiger partial charge is 0.407 e. The number of nitrogens with zero attached hydrogens (tertiary/aromatic N) is 2. The molecule has 0 heterocycles. The molecular formula is C18H14F3N3O4S. The average molecular weight is 425 g/mol. The number of anilines is 1. The van der Waals surface area contributed by atoms with Crippen LogP contribution in [-0.2, 0) is 16.2 Å². The lowest BCUT2D eigenvalue weighted by Crippen LogP contribution is -2.44. The molecule has 2 rings (SSSR count). The standard InChI is InChI=1S/C18H14F3N3O4S/c1-17(25,11-28-14-6-3-12(10-22)4-7-14)29(26,27)24-13-5-8-16(23-2)15(9-13)18(19,20)21/h3-9,24-25H,11H2,1H3. The van der Waals surface area contributed by atoms with E-state index in [-0.39, 0.29) is 5.75 Å². The Hall–Kier alpha value is -3.28. The van der Waals surface area contributed by atoms with Gasteiger partial charge in [-0.05, 0) is 43.3 Å². The number of aliphatic hydroxyl groups is 1. The zero-order valence-corrected chi connectivity index (χ0v) is 15.7. The number of nitriles is 1. The molecule has 0 aliphatic heterocycles. The van der Waals surface area contributed by atoms with Crippen LogP contribution in [0.2, 0.25) is 0 Å². The molecule has 2 aromatic rings. The van der Waals surface area contributed by atoms with Crippen LogP contribution in [0.1, 0.15) is 18.1 Å². The summed E-state index contributed by atoms with van der Waals surface area (Å²) in [5.74, 6) is 0.181. The Kier molecular flexibility index (Phi) is 6.07. The van der Waals surface area contributed by atoms with Crippen molar-refractivity contribution in [2.75, 3.05) is 11.3 Å². The van der Waals surface area contributed by atoms with Gasteiger partial charge in [-0.1, -0.05) is 6.07 Å². The minimum absolute atomic E-state index is 0.181. The first-order valence-corrected chi connectivity index (χ1v) is 9.34. The number of benzene rings is 2. The second-order valence-electron chi connectivity index (χ2n) is 6.05. The van der Waals surface area contributed by atoms with Gasteiger partial charge in [-0.2, -0.15) is 18.4 Å². The summed E-state index contributed by atoms with van der Waals surface area (Å²) < 4.78 is 71.1. The molecule has 11 heteroatoms. The molecule has 1 atom stereocenters. The van der Waals surface area contributed by atoms with E-state index in [0.717, 1.165) is 19.1 Å². The lowest BCUT2D eigenvalue weighted by molar-refractivity contribution is -0.136. The number of nitrogens with one attached hydrogen (secondary N) is 1. The van der Waals surface area contributed by atoms with Crippen molar-refractivity contribution in [3.05, 3.63) is 65.0 Å². The van der Waals surface area contributed by atoms with Gasteiger partial charge in [0, 0.05) is 5.69 Å². The summed E-state index contributed by atoms with van der Waals surface area (Å²) in [7, 11) is -4.59. The van der Waals surface area contributed by atoms with Gasteiger partial charge in [-0.15, -0.1) is 0 Å². The van der Waals surface area contributed by atoms with E-state index in [9.17, 15) is 26.7 Å². The van der Waals surface area contributed by atoms with E-state index in [1.165, 1.54) is 24.3 Å². The number of rotatable bonds is 6. The molecule has 0 aliphatic carbocycles. The second kappa shape index (κ2) is 7.99. The molecular weight excluding hydrogens is 411 g/mol. The van der Waals surface area contributed by atoms with Crippen LogP contribution in [0.4, 0.5) is 24.5 Å². The van der Waals surface area contributed by atoms with Crippen molar-refractivity contribution in [3.63, 3.8) is 0 Å². The predicted octanol–water partition coefficient (Wildman–Crippen LogP) is 3.66. The molecule has 0 radical (unpaired) electrons. The van der Waals surface area contributed by atoms with Crippen LogP contribution < -0.4 is 9.46 Å². The molecule has 0 saturated carbocycles. The number of hydrogen-bond donors (Lipinski definition) is 2. The molecule has 0 bridgehead atoms. The first-order valence-electron chi connectivity index (χ1n) is 7.86. The van der Waals surface area contributed by atoms with E-state index in [1.54, 1.807) is 0 Å². The number of ether oxygens (including phenoxy) is 1. The molecule has 0 spiro atoms. The van der Waals surface area contributed by atoms with Crippen molar-refractivity contribution in [1.82, 2.24) is 0 Å². The fourth-order valence-electron chi connectivity index (χ4n) is 2.11. The highest BCUT2D eigenvalue weighted by Gasteiger charge is 2.39. The highest BCUT2D eigenvalue weighted by Crippen LogP contribution is 2.38. The van der Waals surface area contributed by atoms with Crippen molar-refractivity contribution < 1.29 is 31.4 Å². The van der Waals surface area contributed by atoms with Crippen molar-refractivity contribution in [2.45, 2.75) is 18.0 Å². The Bertz CT molecular complexity index is 1080. The van der Waals surface area contributed by atoms with Gasteiger partial charge < -0.3 is 9.84 Å². The summed E-state index contributed by atoms with van der Waals surface area (Å²) in [5.41, 5.74) is -2.11. The van der Waals surface area contributed by atoms with Crippen LogP contribution in [0, 0.1) is 17.9 Å². The Balaban J connectivity index is 2.20. The molecule has 1 unspecified atom stereocenters. The van der Waals surface area contributed by atoms with Crippen molar-refractivity contribution in [3.8, 4) is 11.8 Å². The number of hydrogen-bond acceptors (Lipinski definition) is 5. The minimum atomic E-state index is -4.86. The van der Waals surface area contributed by atoms with Crippen LogP contribution in [0.5, 0.6) is 5.75 Å². The van der Waals surface area contributed by atoms with Gasteiger partial charge in [0.15, 0.2) is 5.69 Å². The van der Waals surface area contributed by atoms with Crippen LogP contribution in [-0.4, -0.2) is 25.1 Å². The molecule has 29 heavy (non-hydrogen) atoms. The number of halogens is 3. The summed E-state index contributed by atoms with van der Waals surface area (Å²) in [6, 6.07) is 9.82. The zero-order chi connectivity index (χ0) is 21.9. The molecule has 0 aliphatic rings. The third-order valence-corrected chi connectivity index (χ3v) is 5.52. The van der Waals surface area contributed by atoms with E-state index in [1.807, 2.05) is 10.8 Å². The number of alkyl halides is 3. The molecule has 152 valence electrons. The van der Waals surface area contributed by atoms with Gasteiger partial charge in [-0.25, -0.2) is 13.3 Å². The maximum Gasteiger partial charge on any atom is 0.407 e. The Morgan fingerprint density at radius 3 is 2.38 bits per heavy atom. The summed E-state index contributed by atoms with van der Waals surface area (Å²) in [4.78, 5) is 0.260. The van der Waals surface area contributed by atoms with E-state index in [0.29, 0.717) is 11.6 Å². The third-order valence-electron chi connectivity index (χ3n) is 3.74. The number of sulfonamides is 1. The van der Waals surface area contributed by atoms with E-state index in [4.69, 9.17) is 16.6 Å². The van der Waals surface area contributed by atoms with E-state index < -0.39 is 44.7 Å². The first kappa shape index (κ1) is 22.0. The minimum Gasteiger partial charge on any atom is -0.489 e. The Labute approximate surface area is 164 Å². The lowest BCUT2D eigenvalue weighted by Gasteiger charge is -2.24. The zero-order valence-electron chi connectivity index (χ0n) is 14.9. The predicted molar refractivity (Wildman–Crippen MR) is 97.5 cm³/mol. The monoisotopic (exact) mass is 425 g/mol. The topological polar surface area (TPSA) is 104 Å². The third kappa shape index (κ3) is 5.16. The van der Waals surface area contributed by atoms with Crippen molar-refractivity contribution in [1.29, 1.82) is 5.26 Å². The highest BCUT2D eigenvalue weighted by molar-refractivity contribution is 7.93. The van der Waals surface area contributed by atoms with E-state index >= 15 is 0 Å². The van der Waals surface area contributed by atoms with Crippen molar-refractivity contribution in [2.24, 2.45) is 0 Å². The maximum atomic E-state index is 13.0. The fraction of sp³-hybridized carbons (Fsp3) is 0.222. The van der Waals surface area contributed by atoms with Gasteiger partial charge in [0.1, 0.15) is 12.4 Å². The molecule has 0 amide bonds. The highest BCUT2D eigenvalue weighted by atomic mass is 32.2. The lowest BCUT2D eigenvalue weighted by atomic mass is 10.1. The Morgan fingerprint density at radius 2 is 1.86 bits per heavy atom. The summed E-state index contributed by atoms with van der Waals surface area (Å²) in [6.45, 7) is 6.97. The van der Waals surface area contributed by atoms with Crippen LogP contribution in [0.3, 0.4) is 0 Å². The van der Waals surface area contributed by atoms with Gasteiger partial charge in [0.2, 0.25) is 4.93 Å². The van der Waals surface area contributed by atoms with Gasteiger partial charge in [-0.3, -0.25) is 4.72 Å². The van der Waals surface area contributed by atoms with Gasteiger partial charge in [0.25, 0.3) is 10.0 Å². The SMILES string of the molecule is [C-]#[N+]c1ccc(NS(=O)(=O)C(C)(O)COc2ccc(C#N)cc2)cc1C(F)(F)F. The normalized spacial score (nSPS) is 13.6. The first-order chi connectivity index (χ1) is 13.4. The average Bonchev–Trinajstić information content (AvgIpc) is 2.65. The molecule has 0 saturated heterocycles. The van der Waals surface area contributed by atoms with Crippen LogP contribution in [0.15, 0.2) is 42.5 Å². The van der Waals surface area contributed by atoms with Crippen molar-refractivity contribution >= 4 is 21.4 Å². The van der Waals surface area contributed by atoms with Gasteiger partial charge in [0.05, 0.1) is 23.8 Å². The molecule has 0 fully saturated rings. The summed E-state index contributed by atoms with van der Waals surface area (Å²) >= 11 is 0. The Morgan fingerprint density at radius 1 is 1.24 bits per heavy atom. The van der Waals surface area contributed by atoms with Gasteiger partial charge >= 0.3 is 6.18 Å². The van der Waals surface area contributed by atoms with Crippen LogP contribution in [0.25, 0.3) is 4.85 Å². The maximum absolute atomic E-state index is 13.0. The molecule has 7 nitrogen and oxygen atoms in total. The van der Waals surface area contributed by atoms with Crippen LogP contribution >= 0.6 is 0 Å². The summed E-state index contributed by atoms with van der Waals surface area (Å²) in [6.07, 6.45) is -4.86. The quantitative estimate of drug-likeness (QED) is 0.688. The second-order valence-corrected chi connectivity index (χ2v) is 8.14.